The van der Waals surface area contributed by atoms with E-state index in [-0.39, 0.29) is 11.6 Å². The summed E-state index contributed by atoms with van der Waals surface area (Å²) < 4.78 is 0.709. The van der Waals surface area contributed by atoms with E-state index in [2.05, 4.69) is 5.32 Å². The Morgan fingerprint density at radius 1 is 1.56 bits per heavy atom. The van der Waals surface area contributed by atoms with Crippen molar-refractivity contribution in [1.82, 2.24) is 5.32 Å². The number of halogens is 1. The zero-order chi connectivity index (χ0) is 13.5. The Labute approximate surface area is 123 Å². The molecule has 0 bridgehead atoms. The van der Waals surface area contributed by atoms with Crippen molar-refractivity contribution in [2.75, 3.05) is 18.6 Å². The lowest BCUT2D eigenvalue weighted by atomic mass is 10.2. The van der Waals surface area contributed by atoms with Gasteiger partial charge in [-0.15, -0.1) is 0 Å². The second-order valence-electron chi connectivity index (χ2n) is 3.52. The van der Waals surface area contributed by atoms with Crippen LogP contribution in [-0.4, -0.2) is 29.4 Å². The monoisotopic (exact) mass is 380 g/mol. The highest BCUT2D eigenvalue weighted by Gasteiger charge is 2.14. The summed E-state index contributed by atoms with van der Waals surface area (Å²) >= 11 is 3.71. The van der Waals surface area contributed by atoms with Gasteiger partial charge in [-0.25, -0.2) is 0 Å². The molecule has 0 radical (unpaired) electrons. The molecule has 0 unspecified atom stereocenters. The molecule has 0 aromatic heterocycles. The largest absolute Gasteiger partial charge is 0.352 e. The van der Waals surface area contributed by atoms with E-state index in [4.69, 9.17) is 0 Å². The van der Waals surface area contributed by atoms with Crippen LogP contribution in [0.5, 0.6) is 0 Å². The number of benzene rings is 1. The molecule has 0 aliphatic heterocycles. The molecule has 0 atom stereocenters. The van der Waals surface area contributed by atoms with Gasteiger partial charge in [0, 0.05) is 22.2 Å². The molecular formula is C11H13IN2O3S. The SMILES string of the molecule is CSCCCNC(=O)c1cc([N+](=O)[O-])ccc1I. The number of nitro benzene ring substituents is 1. The number of carbonyl (C=O) groups is 1. The van der Waals surface area contributed by atoms with Crippen LogP contribution in [0.1, 0.15) is 16.8 Å². The Morgan fingerprint density at radius 2 is 2.28 bits per heavy atom. The molecule has 0 fully saturated rings. The fourth-order valence-electron chi connectivity index (χ4n) is 1.31. The zero-order valence-corrected chi connectivity index (χ0v) is 12.8. The first kappa shape index (κ1) is 15.2. The summed E-state index contributed by atoms with van der Waals surface area (Å²) in [6.45, 7) is 0.582. The van der Waals surface area contributed by atoms with Crippen molar-refractivity contribution >= 4 is 45.9 Å². The lowest BCUT2D eigenvalue weighted by Crippen LogP contribution is -2.25. The van der Waals surface area contributed by atoms with Gasteiger partial charge in [0.2, 0.25) is 0 Å². The molecule has 0 saturated heterocycles. The van der Waals surface area contributed by atoms with Crippen molar-refractivity contribution in [2.24, 2.45) is 0 Å². The number of hydrogen-bond acceptors (Lipinski definition) is 4. The Kier molecular flexibility index (Phi) is 6.41. The third kappa shape index (κ3) is 4.45. The van der Waals surface area contributed by atoms with E-state index in [0.29, 0.717) is 15.7 Å². The van der Waals surface area contributed by atoms with Crippen LogP contribution in [0.4, 0.5) is 5.69 Å². The molecule has 5 nitrogen and oxygen atoms in total. The number of carbonyl (C=O) groups excluding carboxylic acids is 1. The third-order valence-electron chi connectivity index (χ3n) is 2.22. The molecule has 0 saturated carbocycles. The van der Waals surface area contributed by atoms with E-state index in [1.807, 2.05) is 28.8 Å². The first-order valence-electron chi connectivity index (χ1n) is 5.27. The summed E-state index contributed by atoms with van der Waals surface area (Å²) in [4.78, 5) is 22.0. The summed E-state index contributed by atoms with van der Waals surface area (Å²) in [5.41, 5.74) is 0.290. The Hall–Kier alpha value is -0.830. The number of nitrogens with zero attached hydrogens (tertiary/aromatic N) is 1. The number of non-ortho nitro benzene ring substituents is 1. The molecule has 7 heteroatoms. The first-order valence-corrected chi connectivity index (χ1v) is 7.74. The number of nitro groups is 1. The quantitative estimate of drug-likeness (QED) is 0.357. The highest BCUT2D eigenvalue weighted by molar-refractivity contribution is 14.1. The molecule has 0 aliphatic rings. The van der Waals surface area contributed by atoms with E-state index < -0.39 is 4.92 Å². The molecule has 0 aliphatic carbocycles. The topological polar surface area (TPSA) is 72.2 Å². The maximum Gasteiger partial charge on any atom is 0.270 e. The molecule has 98 valence electrons. The maximum atomic E-state index is 11.9. The molecule has 0 spiro atoms. The molecule has 1 aromatic rings. The summed E-state index contributed by atoms with van der Waals surface area (Å²) in [7, 11) is 0. The fourth-order valence-corrected chi connectivity index (χ4v) is 2.33. The lowest BCUT2D eigenvalue weighted by Gasteiger charge is -2.06. The van der Waals surface area contributed by atoms with Crippen molar-refractivity contribution in [1.29, 1.82) is 0 Å². The van der Waals surface area contributed by atoms with E-state index in [9.17, 15) is 14.9 Å². The van der Waals surface area contributed by atoms with Crippen LogP contribution in [-0.2, 0) is 0 Å². The summed E-state index contributed by atoms with van der Waals surface area (Å²) in [6, 6.07) is 4.29. The molecule has 1 amide bonds. The highest BCUT2D eigenvalue weighted by Crippen LogP contribution is 2.19. The third-order valence-corrected chi connectivity index (χ3v) is 3.85. The van der Waals surface area contributed by atoms with Crippen molar-refractivity contribution < 1.29 is 9.72 Å². The van der Waals surface area contributed by atoms with Gasteiger partial charge in [0.05, 0.1) is 10.5 Å². The van der Waals surface area contributed by atoms with Crippen LogP contribution < -0.4 is 5.32 Å². The van der Waals surface area contributed by atoms with Gasteiger partial charge in [0.15, 0.2) is 0 Å². The van der Waals surface area contributed by atoms with E-state index >= 15 is 0 Å². The highest BCUT2D eigenvalue weighted by atomic mass is 127. The minimum absolute atomic E-state index is 0.0651. The lowest BCUT2D eigenvalue weighted by molar-refractivity contribution is -0.384. The van der Waals surface area contributed by atoms with Gasteiger partial charge in [-0.2, -0.15) is 11.8 Å². The molecular weight excluding hydrogens is 367 g/mol. The van der Waals surface area contributed by atoms with Gasteiger partial charge >= 0.3 is 0 Å². The second-order valence-corrected chi connectivity index (χ2v) is 5.67. The minimum atomic E-state index is -0.499. The number of hydrogen-bond donors (Lipinski definition) is 1. The predicted octanol–water partition coefficient (Wildman–Crippen LogP) is 2.68. The van der Waals surface area contributed by atoms with E-state index in [0.717, 1.165) is 12.2 Å². The van der Waals surface area contributed by atoms with Crippen LogP contribution in [0.25, 0.3) is 0 Å². The van der Waals surface area contributed by atoms with Crippen LogP contribution in [0.15, 0.2) is 18.2 Å². The molecule has 18 heavy (non-hydrogen) atoms. The maximum absolute atomic E-state index is 11.9. The van der Waals surface area contributed by atoms with Gasteiger partial charge in [-0.3, -0.25) is 14.9 Å². The first-order chi connectivity index (χ1) is 8.56. The van der Waals surface area contributed by atoms with Crippen LogP contribution >= 0.6 is 34.4 Å². The van der Waals surface area contributed by atoms with Gasteiger partial charge in [0.1, 0.15) is 0 Å². The van der Waals surface area contributed by atoms with Crippen LogP contribution in [0.3, 0.4) is 0 Å². The van der Waals surface area contributed by atoms with Crippen molar-refractivity contribution in [3.63, 3.8) is 0 Å². The summed E-state index contributed by atoms with van der Waals surface area (Å²) in [5, 5.41) is 13.4. The summed E-state index contributed by atoms with van der Waals surface area (Å²) in [6.07, 6.45) is 2.89. The van der Waals surface area contributed by atoms with Gasteiger partial charge in [0.25, 0.3) is 11.6 Å². The van der Waals surface area contributed by atoms with Crippen LogP contribution in [0, 0.1) is 13.7 Å². The standard InChI is InChI=1S/C11H13IN2O3S/c1-18-6-2-5-13-11(15)9-7-8(14(16)17)3-4-10(9)12/h3-4,7H,2,5-6H2,1H3,(H,13,15). The Balaban J connectivity index is 2.72. The average Bonchev–Trinajstić information content (AvgIpc) is 2.34. The van der Waals surface area contributed by atoms with Crippen molar-refractivity contribution in [3.8, 4) is 0 Å². The number of amides is 1. The average molecular weight is 380 g/mol. The van der Waals surface area contributed by atoms with Crippen molar-refractivity contribution in [2.45, 2.75) is 6.42 Å². The normalized spacial score (nSPS) is 10.1. The minimum Gasteiger partial charge on any atom is -0.352 e. The van der Waals surface area contributed by atoms with Crippen molar-refractivity contribution in [3.05, 3.63) is 37.4 Å². The molecule has 0 heterocycles. The van der Waals surface area contributed by atoms with E-state index in [1.54, 1.807) is 17.8 Å². The van der Waals surface area contributed by atoms with Crippen LogP contribution in [0.2, 0.25) is 0 Å². The fraction of sp³-hybridized carbons (Fsp3) is 0.364. The Morgan fingerprint density at radius 3 is 2.89 bits per heavy atom. The zero-order valence-electron chi connectivity index (χ0n) is 9.81. The van der Waals surface area contributed by atoms with Gasteiger partial charge in [-0.05, 0) is 47.1 Å². The van der Waals surface area contributed by atoms with E-state index in [1.165, 1.54) is 12.1 Å². The molecule has 1 N–H and O–H groups in total. The second kappa shape index (κ2) is 7.57. The van der Waals surface area contributed by atoms with Gasteiger partial charge < -0.3 is 5.32 Å². The number of nitrogens with one attached hydrogen (secondary N) is 1. The number of thioether (sulfide) groups is 1. The van der Waals surface area contributed by atoms with Gasteiger partial charge in [-0.1, -0.05) is 0 Å². The molecule has 1 rings (SSSR count). The summed E-state index contributed by atoms with van der Waals surface area (Å²) in [5.74, 6) is 0.718. The molecule has 1 aromatic carbocycles. The predicted molar refractivity (Wildman–Crippen MR) is 81.1 cm³/mol. The Bertz CT molecular complexity index is 454. The number of rotatable bonds is 6. The smallest absolute Gasteiger partial charge is 0.270 e.